The second-order valence-electron chi connectivity index (χ2n) is 7.37. The van der Waals surface area contributed by atoms with Crippen LogP contribution in [0.2, 0.25) is 0 Å². The van der Waals surface area contributed by atoms with Gasteiger partial charge in [-0.3, -0.25) is 19.8 Å². The van der Waals surface area contributed by atoms with Gasteiger partial charge in [0, 0.05) is 37.9 Å². The third kappa shape index (κ3) is 3.91. The van der Waals surface area contributed by atoms with Gasteiger partial charge in [0.25, 0.3) is 0 Å². The number of carbonyl (C=O) groups is 3. The Balaban J connectivity index is 1.74. The van der Waals surface area contributed by atoms with Crippen LogP contribution in [-0.2, 0) is 9.59 Å². The van der Waals surface area contributed by atoms with Gasteiger partial charge in [0.2, 0.25) is 11.8 Å². The van der Waals surface area contributed by atoms with Crippen LogP contribution in [0.1, 0.15) is 39.0 Å². The minimum absolute atomic E-state index is 0.103. The summed E-state index contributed by atoms with van der Waals surface area (Å²) in [5.41, 5.74) is 3.79. The number of hydrogen-bond acceptors (Lipinski definition) is 6. The zero-order valence-electron chi connectivity index (χ0n) is 15.7. The van der Waals surface area contributed by atoms with E-state index in [1.807, 2.05) is 5.01 Å². The summed E-state index contributed by atoms with van der Waals surface area (Å²) in [5.74, 6) is -1.93. The number of carbonyl (C=O) groups excluding carboxylic acids is 3. The van der Waals surface area contributed by atoms with Crippen molar-refractivity contribution in [1.82, 2.24) is 25.6 Å². The first-order valence-corrected chi connectivity index (χ1v) is 9.55. The zero-order chi connectivity index (χ0) is 18.7. The van der Waals surface area contributed by atoms with Crippen molar-refractivity contribution >= 4 is 17.8 Å². The molecular formula is C18H29N5O3. The molecule has 3 rings (SSSR count). The SMILES string of the molecule is C/C=C(/NN1CCN(C)CC1)[C@@H]1C(=O)NC(=O)N(C2CCCCC2)C1=O. The van der Waals surface area contributed by atoms with Crippen molar-refractivity contribution < 1.29 is 14.4 Å². The van der Waals surface area contributed by atoms with Gasteiger partial charge in [-0.25, -0.2) is 9.80 Å². The summed E-state index contributed by atoms with van der Waals surface area (Å²) >= 11 is 0. The average molecular weight is 363 g/mol. The van der Waals surface area contributed by atoms with Gasteiger partial charge in [-0.1, -0.05) is 25.3 Å². The maximum Gasteiger partial charge on any atom is 0.331 e. The Morgan fingerprint density at radius 3 is 2.35 bits per heavy atom. The van der Waals surface area contributed by atoms with Gasteiger partial charge in [0.15, 0.2) is 5.92 Å². The van der Waals surface area contributed by atoms with E-state index < -0.39 is 23.8 Å². The van der Waals surface area contributed by atoms with Gasteiger partial charge in [0.05, 0.1) is 0 Å². The van der Waals surface area contributed by atoms with Crippen LogP contribution in [0.4, 0.5) is 4.79 Å². The first-order chi connectivity index (χ1) is 12.5. The fourth-order valence-corrected chi connectivity index (χ4v) is 3.94. The molecule has 8 heteroatoms. The van der Waals surface area contributed by atoms with E-state index in [1.165, 1.54) is 4.90 Å². The number of amides is 4. The lowest BCUT2D eigenvalue weighted by Gasteiger charge is -2.39. The smallest absolute Gasteiger partial charge is 0.322 e. The largest absolute Gasteiger partial charge is 0.331 e. The van der Waals surface area contributed by atoms with Gasteiger partial charge in [-0.15, -0.1) is 0 Å². The zero-order valence-corrected chi connectivity index (χ0v) is 15.7. The Kier molecular flexibility index (Phi) is 5.93. The first kappa shape index (κ1) is 18.8. The number of barbiturate groups is 1. The molecule has 0 unspecified atom stereocenters. The molecule has 0 bridgehead atoms. The fourth-order valence-electron chi connectivity index (χ4n) is 3.94. The summed E-state index contributed by atoms with van der Waals surface area (Å²) in [6.45, 7) is 5.26. The lowest BCUT2D eigenvalue weighted by molar-refractivity contribution is -0.143. The lowest BCUT2D eigenvalue weighted by atomic mass is 9.91. The van der Waals surface area contributed by atoms with Crippen LogP contribution in [0, 0.1) is 5.92 Å². The molecule has 8 nitrogen and oxygen atoms in total. The monoisotopic (exact) mass is 363 g/mol. The number of piperazine rings is 1. The van der Waals surface area contributed by atoms with Crippen LogP contribution in [0.3, 0.4) is 0 Å². The number of nitrogens with one attached hydrogen (secondary N) is 2. The highest BCUT2D eigenvalue weighted by molar-refractivity contribution is 6.17. The van der Waals surface area contributed by atoms with E-state index in [0.29, 0.717) is 5.70 Å². The van der Waals surface area contributed by atoms with E-state index >= 15 is 0 Å². The van der Waals surface area contributed by atoms with Crippen molar-refractivity contribution in [3.05, 3.63) is 11.8 Å². The van der Waals surface area contributed by atoms with Crippen molar-refractivity contribution in [3.8, 4) is 0 Å². The number of imide groups is 2. The number of urea groups is 1. The van der Waals surface area contributed by atoms with E-state index in [-0.39, 0.29) is 6.04 Å². The van der Waals surface area contributed by atoms with Crippen LogP contribution >= 0.6 is 0 Å². The van der Waals surface area contributed by atoms with Crippen LogP contribution in [0.15, 0.2) is 11.8 Å². The van der Waals surface area contributed by atoms with Crippen molar-refractivity contribution in [2.24, 2.45) is 5.92 Å². The van der Waals surface area contributed by atoms with Crippen molar-refractivity contribution in [2.45, 2.75) is 45.1 Å². The second kappa shape index (κ2) is 8.18. The van der Waals surface area contributed by atoms with Crippen molar-refractivity contribution in [3.63, 3.8) is 0 Å². The third-order valence-electron chi connectivity index (χ3n) is 5.55. The lowest BCUT2D eigenvalue weighted by Crippen LogP contribution is -2.63. The molecule has 1 saturated carbocycles. The predicted molar refractivity (Wildman–Crippen MR) is 96.7 cm³/mol. The highest BCUT2D eigenvalue weighted by Crippen LogP contribution is 2.27. The standard InChI is InChI=1S/C18H29N5O3/c1-3-14(20-22-11-9-21(2)10-12-22)15-16(24)19-18(26)23(17(15)25)13-7-5-4-6-8-13/h3,13,15,20H,4-12H2,1-2H3,(H,19,24,26)/b14-3+/t15-/m1/s1. The Bertz CT molecular complexity index is 592. The number of rotatable bonds is 4. The number of likely N-dealkylation sites (N-methyl/N-ethyl adjacent to an activating group) is 1. The van der Waals surface area contributed by atoms with Gasteiger partial charge >= 0.3 is 6.03 Å². The molecule has 1 aliphatic carbocycles. The molecule has 0 spiro atoms. The van der Waals surface area contributed by atoms with Crippen LogP contribution in [0.25, 0.3) is 0 Å². The molecular weight excluding hydrogens is 334 g/mol. The number of hydrazine groups is 1. The average Bonchev–Trinajstić information content (AvgIpc) is 2.63. The van der Waals surface area contributed by atoms with Gasteiger partial charge in [-0.05, 0) is 26.8 Å². The molecule has 0 aromatic rings. The molecule has 2 N–H and O–H groups in total. The summed E-state index contributed by atoms with van der Waals surface area (Å²) in [4.78, 5) is 41.4. The van der Waals surface area contributed by atoms with E-state index in [4.69, 9.17) is 0 Å². The fraction of sp³-hybridized carbons (Fsp3) is 0.722. The highest BCUT2D eigenvalue weighted by atomic mass is 16.2. The molecule has 0 aromatic heterocycles. The summed E-state index contributed by atoms with van der Waals surface area (Å²) in [6.07, 6.45) is 6.55. The molecule has 2 heterocycles. The molecule has 2 aliphatic heterocycles. The van der Waals surface area contributed by atoms with E-state index in [0.717, 1.165) is 58.3 Å². The number of nitrogens with zero attached hydrogens (tertiary/aromatic N) is 3. The molecule has 3 aliphatic rings. The van der Waals surface area contributed by atoms with E-state index in [2.05, 4.69) is 22.7 Å². The van der Waals surface area contributed by atoms with Gasteiger partial charge in [0.1, 0.15) is 0 Å². The normalized spacial score (nSPS) is 27.6. The molecule has 3 fully saturated rings. The topological polar surface area (TPSA) is 85.0 Å². The van der Waals surface area contributed by atoms with E-state index in [1.54, 1.807) is 13.0 Å². The molecule has 4 amide bonds. The molecule has 1 atom stereocenters. The highest BCUT2D eigenvalue weighted by Gasteiger charge is 2.45. The Morgan fingerprint density at radius 2 is 1.73 bits per heavy atom. The Morgan fingerprint density at radius 1 is 1.08 bits per heavy atom. The molecule has 26 heavy (non-hydrogen) atoms. The van der Waals surface area contributed by atoms with Gasteiger partial charge in [-0.2, -0.15) is 0 Å². The van der Waals surface area contributed by atoms with Gasteiger partial charge < -0.3 is 10.3 Å². The summed E-state index contributed by atoms with van der Waals surface area (Å²) in [5, 5.41) is 4.41. The van der Waals surface area contributed by atoms with Crippen molar-refractivity contribution in [1.29, 1.82) is 0 Å². The second-order valence-corrected chi connectivity index (χ2v) is 7.37. The van der Waals surface area contributed by atoms with E-state index in [9.17, 15) is 14.4 Å². The van der Waals surface area contributed by atoms with Crippen LogP contribution < -0.4 is 10.7 Å². The predicted octanol–water partition coefficient (Wildman–Crippen LogP) is 0.670. The maximum atomic E-state index is 13.1. The third-order valence-corrected chi connectivity index (χ3v) is 5.55. The summed E-state index contributed by atoms with van der Waals surface area (Å²) in [6, 6.07) is -0.674. The van der Waals surface area contributed by atoms with Crippen LogP contribution in [-0.4, -0.2) is 71.9 Å². The minimum Gasteiger partial charge on any atom is -0.322 e. The molecule has 2 saturated heterocycles. The maximum absolute atomic E-state index is 13.1. The summed E-state index contributed by atoms with van der Waals surface area (Å²) < 4.78 is 0. The van der Waals surface area contributed by atoms with Crippen molar-refractivity contribution in [2.75, 3.05) is 33.2 Å². The quantitative estimate of drug-likeness (QED) is 0.714. The molecule has 0 aromatic carbocycles. The summed E-state index contributed by atoms with van der Waals surface area (Å²) in [7, 11) is 2.07. The Hall–Kier alpha value is -1.93. The minimum atomic E-state index is -0.987. The first-order valence-electron chi connectivity index (χ1n) is 9.55. The number of hydrogen-bond donors (Lipinski definition) is 2. The molecule has 144 valence electrons. The molecule has 0 radical (unpaired) electrons. The Labute approximate surface area is 154 Å². The number of allylic oxidation sites excluding steroid dienone is 1. The van der Waals surface area contributed by atoms with Crippen LogP contribution in [0.5, 0.6) is 0 Å².